The highest BCUT2D eigenvalue weighted by atomic mass is 35.5. The fraction of sp³-hybridized carbons (Fsp3) is 0.0833. The van der Waals surface area contributed by atoms with E-state index in [2.05, 4.69) is 10.5 Å². The van der Waals surface area contributed by atoms with Gasteiger partial charge in [0.05, 0.1) is 25.5 Å². The van der Waals surface area contributed by atoms with Gasteiger partial charge in [-0.15, -0.1) is 0 Å². The smallest absolute Gasteiger partial charge is 0.271 e. The summed E-state index contributed by atoms with van der Waals surface area (Å²) in [5, 5.41) is 23.2. The van der Waals surface area contributed by atoms with E-state index in [1.54, 1.807) is 31.4 Å². The molecule has 0 bridgehead atoms. The number of rotatable bonds is 7. The zero-order valence-electron chi connectivity index (χ0n) is 17.4. The van der Waals surface area contributed by atoms with Crippen LogP contribution in [0.3, 0.4) is 0 Å². The fourth-order valence-electron chi connectivity index (χ4n) is 2.91. The van der Waals surface area contributed by atoms with Crippen LogP contribution in [0.4, 0.5) is 0 Å². The SMILES string of the molecule is COc1cc(C=NNC(=O)c2ccc(O)c(Cl)c2)cc(C=Cc2cccc(O)c2)c1OC. The number of hydrazone groups is 1. The number of phenols is 2. The summed E-state index contributed by atoms with van der Waals surface area (Å²) in [5.41, 5.74) is 4.85. The van der Waals surface area contributed by atoms with Crippen molar-refractivity contribution in [1.82, 2.24) is 5.43 Å². The van der Waals surface area contributed by atoms with Gasteiger partial charge in [0.25, 0.3) is 5.91 Å². The van der Waals surface area contributed by atoms with Crippen LogP contribution < -0.4 is 14.9 Å². The van der Waals surface area contributed by atoms with Crippen LogP contribution in [-0.4, -0.2) is 36.6 Å². The third-order valence-electron chi connectivity index (χ3n) is 4.45. The molecule has 3 rings (SSSR count). The van der Waals surface area contributed by atoms with E-state index in [4.69, 9.17) is 21.1 Å². The molecule has 0 heterocycles. The van der Waals surface area contributed by atoms with Crippen molar-refractivity contribution in [2.24, 2.45) is 5.10 Å². The van der Waals surface area contributed by atoms with Crippen LogP contribution in [0.5, 0.6) is 23.0 Å². The van der Waals surface area contributed by atoms with Crippen LogP contribution in [-0.2, 0) is 0 Å². The summed E-state index contributed by atoms with van der Waals surface area (Å²) < 4.78 is 10.9. The van der Waals surface area contributed by atoms with Gasteiger partial charge in [-0.3, -0.25) is 4.79 Å². The van der Waals surface area contributed by atoms with Gasteiger partial charge < -0.3 is 19.7 Å². The lowest BCUT2D eigenvalue weighted by atomic mass is 10.1. The molecule has 32 heavy (non-hydrogen) atoms. The highest BCUT2D eigenvalue weighted by Gasteiger charge is 2.11. The predicted octanol–water partition coefficient (Wildman–Crippen LogP) is 4.70. The van der Waals surface area contributed by atoms with Gasteiger partial charge in [0.2, 0.25) is 0 Å². The molecule has 0 aromatic heterocycles. The van der Waals surface area contributed by atoms with Crippen LogP contribution in [0.25, 0.3) is 12.2 Å². The summed E-state index contributed by atoms with van der Waals surface area (Å²) in [5.74, 6) is 0.603. The number of nitrogens with one attached hydrogen (secondary N) is 1. The number of aromatic hydroxyl groups is 2. The number of nitrogens with zero attached hydrogens (tertiary/aromatic N) is 1. The number of halogens is 1. The molecule has 3 aromatic carbocycles. The lowest BCUT2D eigenvalue weighted by Gasteiger charge is -2.12. The van der Waals surface area contributed by atoms with E-state index in [1.165, 1.54) is 31.5 Å². The van der Waals surface area contributed by atoms with E-state index < -0.39 is 5.91 Å². The van der Waals surface area contributed by atoms with Gasteiger partial charge in [0.1, 0.15) is 11.5 Å². The molecule has 0 aliphatic rings. The van der Waals surface area contributed by atoms with E-state index in [9.17, 15) is 15.0 Å². The summed E-state index contributed by atoms with van der Waals surface area (Å²) in [6, 6.07) is 14.5. The molecule has 0 saturated carbocycles. The van der Waals surface area contributed by atoms with Gasteiger partial charge in [-0.1, -0.05) is 35.9 Å². The molecule has 3 aromatic rings. The third kappa shape index (κ3) is 5.59. The minimum absolute atomic E-state index is 0.0738. The number of carbonyl (C=O) groups excluding carboxylic acids is 1. The summed E-state index contributed by atoms with van der Waals surface area (Å²) in [4.78, 5) is 12.2. The molecule has 0 atom stereocenters. The maximum atomic E-state index is 12.2. The third-order valence-corrected chi connectivity index (χ3v) is 4.75. The van der Waals surface area contributed by atoms with Gasteiger partial charge in [0, 0.05) is 11.1 Å². The minimum Gasteiger partial charge on any atom is -0.508 e. The lowest BCUT2D eigenvalue weighted by Crippen LogP contribution is -2.17. The highest BCUT2D eigenvalue weighted by molar-refractivity contribution is 6.32. The summed E-state index contributed by atoms with van der Waals surface area (Å²) in [7, 11) is 3.07. The topological polar surface area (TPSA) is 100 Å². The van der Waals surface area contributed by atoms with Crippen LogP contribution in [0.2, 0.25) is 5.02 Å². The van der Waals surface area contributed by atoms with Gasteiger partial charge in [0.15, 0.2) is 11.5 Å². The molecular weight excluding hydrogens is 432 g/mol. The number of benzene rings is 3. The monoisotopic (exact) mass is 452 g/mol. The molecule has 0 radical (unpaired) electrons. The zero-order valence-corrected chi connectivity index (χ0v) is 18.1. The van der Waals surface area contributed by atoms with Crippen molar-refractivity contribution in [3.05, 3.63) is 81.9 Å². The van der Waals surface area contributed by atoms with Crippen molar-refractivity contribution in [3.8, 4) is 23.0 Å². The molecule has 7 nitrogen and oxygen atoms in total. The summed E-state index contributed by atoms with van der Waals surface area (Å²) in [6.45, 7) is 0. The quantitative estimate of drug-likeness (QED) is 0.274. The first-order valence-electron chi connectivity index (χ1n) is 9.46. The molecular formula is C24H21ClN2O5. The largest absolute Gasteiger partial charge is 0.508 e. The maximum absolute atomic E-state index is 12.2. The van der Waals surface area contributed by atoms with Crippen molar-refractivity contribution in [2.75, 3.05) is 14.2 Å². The van der Waals surface area contributed by atoms with Crippen molar-refractivity contribution >= 4 is 35.9 Å². The van der Waals surface area contributed by atoms with Crippen molar-refractivity contribution in [1.29, 1.82) is 0 Å². The minimum atomic E-state index is -0.479. The van der Waals surface area contributed by atoms with Crippen LogP contribution in [0.15, 0.2) is 59.7 Å². The normalized spacial score (nSPS) is 11.1. The maximum Gasteiger partial charge on any atom is 0.271 e. The summed E-state index contributed by atoms with van der Waals surface area (Å²) in [6.07, 6.45) is 5.12. The molecule has 0 aliphatic carbocycles. The first-order valence-corrected chi connectivity index (χ1v) is 9.84. The average molecular weight is 453 g/mol. The number of hydrogen-bond donors (Lipinski definition) is 3. The molecule has 0 spiro atoms. The van der Waals surface area contributed by atoms with E-state index >= 15 is 0 Å². The van der Waals surface area contributed by atoms with Gasteiger partial charge in [-0.2, -0.15) is 5.10 Å². The fourth-order valence-corrected chi connectivity index (χ4v) is 3.09. The Morgan fingerprint density at radius 1 is 1.00 bits per heavy atom. The van der Waals surface area contributed by atoms with Crippen LogP contribution in [0, 0.1) is 0 Å². The zero-order chi connectivity index (χ0) is 23.1. The molecule has 0 unspecified atom stereocenters. The van der Waals surface area contributed by atoms with Gasteiger partial charge >= 0.3 is 0 Å². The number of methoxy groups -OCH3 is 2. The first-order chi connectivity index (χ1) is 15.4. The van der Waals surface area contributed by atoms with E-state index in [-0.39, 0.29) is 22.1 Å². The first kappa shape index (κ1) is 22.7. The second-order valence-corrected chi connectivity index (χ2v) is 7.05. The number of hydrogen-bond acceptors (Lipinski definition) is 6. The number of ether oxygens (including phenoxy) is 2. The number of phenolic OH excluding ortho intramolecular Hbond substituents is 2. The van der Waals surface area contributed by atoms with Gasteiger partial charge in [-0.25, -0.2) is 5.43 Å². The Kier molecular flexibility index (Phi) is 7.36. The number of carbonyl (C=O) groups is 1. The molecule has 3 N–H and O–H groups in total. The molecule has 8 heteroatoms. The van der Waals surface area contributed by atoms with Crippen LogP contribution in [0.1, 0.15) is 27.0 Å². The summed E-state index contributed by atoms with van der Waals surface area (Å²) >= 11 is 5.84. The molecule has 0 saturated heterocycles. The molecule has 0 aliphatic heterocycles. The number of amides is 1. The van der Waals surface area contributed by atoms with Crippen molar-refractivity contribution in [3.63, 3.8) is 0 Å². The van der Waals surface area contributed by atoms with Crippen molar-refractivity contribution < 1.29 is 24.5 Å². The van der Waals surface area contributed by atoms with E-state index in [0.717, 1.165) is 5.56 Å². The molecule has 0 fully saturated rings. The second kappa shape index (κ2) is 10.4. The Bertz CT molecular complexity index is 1190. The Labute approximate surface area is 190 Å². The Hall–Kier alpha value is -3.97. The van der Waals surface area contributed by atoms with E-state index in [0.29, 0.717) is 22.6 Å². The van der Waals surface area contributed by atoms with Gasteiger partial charge in [-0.05, 0) is 53.6 Å². The van der Waals surface area contributed by atoms with E-state index in [1.807, 2.05) is 24.3 Å². The highest BCUT2D eigenvalue weighted by Crippen LogP contribution is 2.33. The standard InChI is InChI=1S/C24H21ClN2O5/c1-31-22-12-16(14-26-27-24(30)18-8-9-21(29)20(25)13-18)10-17(23(22)32-2)7-6-15-4-3-5-19(28)11-15/h3-14,28-29H,1-2H3,(H,27,30). The molecule has 1 amide bonds. The van der Waals surface area contributed by atoms with Crippen molar-refractivity contribution in [2.45, 2.75) is 0 Å². The lowest BCUT2D eigenvalue weighted by molar-refractivity contribution is 0.0955. The Morgan fingerprint density at radius 3 is 2.50 bits per heavy atom. The Morgan fingerprint density at radius 2 is 1.81 bits per heavy atom. The Balaban J connectivity index is 1.83. The predicted molar refractivity (Wildman–Crippen MR) is 125 cm³/mol. The molecule has 164 valence electrons. The average Bonchev–Trinajstić information content (AvgIpc) is 2.79. The van der Waals surface area contributed by atoms with Crippen LogP contribution >= 0.6 is 11.6 Å². The second-order valence-electron chi connectivity index (χ2n) is 6.64.